The number of ether oxygens (including phenoxy) is 3. The zero-order chi connectivity index (χ0) is 37.7. The monoisotopic (exact) mass is 782 g/mol. The number of nitrogens with two attached hydrogens (primary N) is 2. The van der Waals surface area contributed by atoms with Crippen molar-refractivity contribution in [2.24, 2.45) is 9.89 Å². The number of aromatic nitrogens is 10. The van der Waals surface area contributed by atoms with Gasteiger partial charge in [-0.2, -0.15) is 4.98 Å². The number of nitrogen functional groups attached to an aromatic ring is 2. The molecule has 5 aromatic rings. The van der Waals surface area contributed by atoms with Gasteiger partial charge in [-0.1, -0.05) is 0 Å². The third-order valence-electron chi connectivity index (χ3n) is 8.33. The van der Waals surface area contributed by atoms with Crippen molar-refractivity contribution in [1.29, 1.82) is 0 Å². The van der Waals surface area contributed by atoms with Gasteiger partial charge in [-0.3, -0.25) is 32.5 Å². The summed E-state index contributed by atoms with van der Waals surface area (Å²) in [4.78, 5) is 67.4. The lowest BCUT2D eigenvalue weighted by Crippen LogP contribution is -2.37. The average molecular weight is 783 g/mol. The Balaban J connectivity index is 1.13. The third kappa shape index (κ3) is 6.52. The molecule has 0 amide bonds. The fraction of sp³-hybridized carbons (Fsp3) is 0.458. The quantitative estimate of drug-likeness (QED) is 0.0704. The van der Waals surface area contributed by atoms with Gasteiger partial charge in [-0.25, -0.2) is 38.4 Å². The first kappa shape index (κ1) is 36.4. The van der Waals surface area contributed by atoms with Crippen molar-refractivity contribution in [2.45, 2.75) is 49.1 Å². The molecular weight excluding hydrogens is 754 g/mol. The van der Waals surface area contributed by atoms with Crippen LogP contribution in [0.1, 0.15) is 12.5 Å². The number of H-pyrrole nitrogens is 1. The van der Waals surface area contributed by atoms with Crippen LogP contribution in [0.2, 0.25) is 0 Å². The van der Waals surface area contributed by atoms with E-state index in [1.807, 2.05) is 0 Å². The molecule has 2 fully saturated rings. The van der Waals surface area contributed by atoms with Gasteiger partial charge in [0.2, 0.25) is 5.95 Å². The van der Waals surface area contributed by atoms with Gasteiger partial charge in [0.25, 0.3) is 5.56 Å². The zero-order valence-corrected chi connectivity index (χ0v) is 28.6. The first-order valence-corrected chi connectivity index (χ1v) is 18.1. The number of nitrogens with zero attached hydrogens (tertiary/aromatic N) is 11. The molecule has 53 heavy (non-hydrogen) atoms. The van der Waals surface area contributed by atoms with Crippen LogP contribution in [0, 0.1) is 9.81 Å². The van der Waals surface area contributed by atoms with E-state index in [1.165, 1.54) is 36.7 Å². The van der Waals surface area contributed by atoms with E-state index < -0.39 is 83.3 Å². The highest BCUT2D eigenvalue weighted by atomic mass is 31.2. The summed E-state index contributed by atoms with van der Waals surface area (Å²) >= 11 is 0. The van der Waals surface area contributed by atoms with Crippen molar-refractivity contribution in [3.63, 3.8) is 0 Å². The topological polar surface area (TPSA) is 366 Å². The number of hydrogen-bond donors (Lipinski definition) is 5. The molecule has 0 aromatic carbocycles. The fourth-order valence-electron chi connectivity index (χ4n) is 5.83. The first-order valence-electron chi connectivity index (χ1n) is 15.1. The van der Waals surface area contributed by atoms with Gasteiger partial charge >= 0.3 is 15.4 Å². The first-order chi connectivity index (χ1) is 25.4. The number of aromatic amines is 1. The number of methoxy groups -OCH3 is 1. The summed E-state index contributed by atoms with van der Waals surface area (Å²) < 4.78 is 64.3. The summed E-state index contributed by atoms with van der Waals surface area (Å²) in [6.07, 6.45) is -4.76. The highest BCUT2D eigenvalue weighted by molar-refractivity contribution is 7.55. The van der Waals surface area contributed by atoms with Crippen LogP contribution in [0.4, 0.5) is 11.8 Å². The number of imidazole rings is 3. The number of aliphatic hydroxyl groups is 2. The minimum absolute atomic E-state index is 0.0359. The Kier molecular flexibility index (Phi) is 9.70. The molecule has 282 valence electrons. The van der Waals surface area contributed by atoms with Gasteiger partial charge in [0, 0.05) is 29.4 Å². The predicted octanol–water partition coefficient (Wildman–Crippen LogP) is -0.432. The van der Waals surface area contributed by atoms with E-state index in [-0.39, 0.29) is 34.1 Å². The van der Waals surface area contributed by atoms with Gasteiger partial charge in [-0.15, -0.1) is 9.81 Å². The Bertz CT molecular complexity index is 2300. The van der Waals surface area contributed by atoms with Crippen molar-refractivity contribution < 1.29 is 47.1 Å². The van der Waals surface area contributed by atoms with E-state index in [0.717, 1.165) is 21.6 Å². The Labute approximate surface area is 293 Å². The van der Waals surface area contributed by atoms with Gasteiger partial charge in [0.15, 0.2) is 35.1 Å². The van der Waals surface area contributed by atoms with E-state index in [0.29, 0.717) is 0 Å². The third-order valence-corrected chi connectivity index (χ3v) is 11.0. The van der Waals surface area contributed by atoms with Crippen LogP contribution in [0.25, 0.3) is 22.3 Å². The summed E-state index contributed by atoms with van der Waals surface area (Å²) in [7, 11) is -8.35. The van der Waals surface area contributed by atoms with Crippen LogP contribution in [0.5, 0.6) is 0 Å². The summed E-state index contributed by atoms with van der Waals surface area (Å²) in [5.41, 5.74) is 11.0. The predicted molar refractivity (Wildman–Crippen MR) is 174 cm³/mol. The molecule has 29 heteroatoms. The van der Waals surface area contributed by atoms with Crippen LogP contribution >= 0.6 is 15.4 Å². The lowest BCUT2D eigenvalue weighted by atomic mass is 10.1. The maximum absolute atomic E-state index is 13.8. The second-order valence-corrected chi connectivity index (χ2v) is 14.8. The molecule has 0 saturated carbocycles. The largest absolute Gasteiger partial charge is 0.490 e. The molecule has 10 atom stereocenters. The van der Waals surface area contributed by atoms with Crippen LogP contribution in [0.15, 0.2) is 52.4 Å². The second-order valence-electron chi connectivity index (χ2n) is 11.4. The average Bonchev–Trinajstić information content (AvgIpc) is 3.99. The highest BCUT2D eigenvalue weighted by Crippen LogP contribution is 2.55. The number of hydrogen-bond acceptors (Lipinski definition) is 21. The van der Waals surface area contributed by atoms with Crippen LogP contribution in [-0.4, -0.2) is 116 Å². The normalized spacial score (nSPS) is 28.3. The number of nitrogens with one attached hydrogen (secondary N) is 1. The van der Waals surface area contributed by atoms with E-state index in [2.05, 4.69) is 44.8 Å². The van der Waals surface area contributed by atoms with E-state index >= 15 is 0 Å². The van der Waals surface area contributed by atoms with Crippen molar-refractivity contribution in [2.75, 3.05) is 31.8 Å². The molecule has 2 aliphatic heterocycles. The molecule has 2 aliphatic rings. The molecule has 2 unspecified atom stereocenters. The number of aliphatic hydroxyl groups excluding tert-OH is 2. The molecule has 7 rings (SSSR count). The summed E-state index contributed by atoms with van der Waals surface area (Å²) in [5.74, 6) is -0.220. The smallest absolute Gasteiger partial charge is 0.387 e. The summed E-state index contributed by atoms with van der Waals surface area (Å²) in [6.45, 7) is -1.58. The number of anilines is 2. The molecule has 0 aliphatic carbocycles. The van der Waals surface area contributed by atoms with Crippen LogP contribution in [-0.2, 0) is 36.9 Å². The molecular formula is C24H28N14O13P2. The van der Waals surface area contributed by atoms with Crippen LogP contribution < -0.4 is 17.0 Å². The Hall–Kier alpha value is -4.95. The minimum atomic E-state index is -5.10. The van der Waals surface area contributed by atoms with Gasteiger partial charge in [0.05, 0.1) is 25.9 Å². The summed E-state index contributed by atoms with van der Waals surface area (Å²) in [5, 5.41) is 21.6. The Morgan fingerprint density at radius 2 is 1.62 bits per heavy atom. The van der Waals surface area contributed by atoms with Crippen molar-refractivity contribution >= 4 is 49.5 Å². The zero-order valence-electron chi connectivity index (χ0n) is 26.9. The minimum Gasteiger partial charge on any atom is -0.387 e. The van der Waals surface area contributed by atoms with E-state index in [9.17, 15) is 34.0 Å². The lowest BCUT2D eigenvalue weighted by Gasteiger charge is -2.25. The molecule has 0 radical (unpaired) electrons. The van der Waals surface area contributed by atoms with Gasteiger partial charge in [-0.05, 0) is 0 Å². The number of nitroso groups, excluding NO2 is 2. The van der Waals surface area contributed by atoms with Crippen molar-refractivity contribution in [3.8, 4) is 0 Å². The molecule has 2 saturated heterocycles. The second kappa shape index (κ2) is 14.1. The van der Waals surface area contributed by atoms with E-state index in [4.69, 9.17) is 39.2 Å². The molecule has 5 aromatic heterocycles. The molecule has 7 heterocycles. The van der Waals surface area contributed by atoms with Crippen LogP contribution in [0.3, 0.4) is 0 Å². The van der Waals surface area contributed by atoms with Gasteiger partial charge in [0.1, 0.15) is 54.8 Å². The van der Waals surface area contributed by atoms with Crippen molar-refractivity contribution in [1.82, 2.24) is 48.4 Å². The van der Waals surface area contributed by atoms with E-state index in [1.54, 1.807) is 0 Å². The molecule has 0 spiro atoms. The maximum Gasteiger partial charge on any atom is 0.490 e. The number of rotatable bonds is 14. The maximum atomic E-state index is 13.8. The molecule has 7 N–H and O–H groups in total. The standard InChI is InChI=1S/C24H28N14O13P2/c1-46-17-16(11(5-47-52(44,34-42)36-3-2-27-7-36)50-23(17)37-8-30-12-18(25)28-6-29-19(12)37)51-53(45,35-43)48-4-10-14(39)15(40)22(49-10)38-9-31-13-20(38)32-24(26)33-21(13)41/h2-3,6-11,14-17,22-23,39-40H,4-5H2,1H3,(H2,25,28,29)(H3,26,32,33,41)/t10-,11-,14-,15-,16-,17-,22-,23-,52?,53?/m1/s1. The lowest BCUT2D eigenvalue weighted by molar-refractivity contribution is -0.0560. The number of fused-ring (bicyclic) bond motifs is 2. The fourth-order valence-corrected chi connectivity index (χ4v) is 7.89. The molecule has 27 nitrogen and oxygen atoms in total. The highest BCUT2D eigenvalue weighted by Gasteiger charge is 2.53. The SMILES string of the molecule is CO[C@@H]1[C@H](OP(=O)(N=O)OC[C@H]2O[C@@H](n3cnc4c(=O)[nH]c(N)nc43)[C@H](O)[C@@H]2O)[C@@H](COP(=O)(N=O)n2ccnc2)O[C@H]1n1cnc2c(N)ncnc21. The van der Waals surface area contributed by atoms with Crippen molar-refractivity contribution in [3.05, 3.63) is 57.9 Å². The summed E-state index contributed by atoms with van der Waals surface area (Å²) in [6, 6.07) is 0. The Morgan fingerprint density at radius 3 is 2.32 bits per heavy atom. The molecule has 0 bridgehead atoms. The van der Waals surface area contributed by atoms with Gasteiger partial charge < -0.3 is 35.9 Å². The Morgan fingerprint density at radius 1 is 0.906 bits per heavy atom.